The number of nitrogens with zero attached hydrogens (tertiary/aromatic N) is 3. The summed E-state index contributed by atoms with van der Waals surface area (Å²) in [6, 6.07) is 0.670. The lowest BCUT2D eigenvalue weighted by atomic mass is 9.78. The molecule has 2 aliphatic rings. The van der Waals surface area contributed by atoms with Gasteiger partial charge < -0.3 is 10.3 Å². The maximum absolute atomic E-state index is 5.60. The van der Waals surface area contributed by atoms with Gasteiger partial charge in [-0.1, -0.05) is 19.8 Å². The molecule has 110 valence electrons. The highest BCUT2D eigenvalue weighted by atomic mass is 15.3. The number of nitrogen functional groups attached to an aromatic ring is 1. The first-order valence-corrected chi connectivity index (χ1v) is 7.92. The molecule has 2 heterocycles. The van der Waals surface area contributed by atoms with Gasteiger partial charge in [-0.15, -0.1) is 0 Å². The summed E-state index contributed by atoms with van der Waals surface area (Å²) in [5.41, 5.74) is 3.87. The Morgan fingerprint density at radius 1 is 1.25 bits per heavy atom. The molecule has 0 unspecified atom stereocenters. The van der Waals surface area contributed by atoms with Crippen molar-refractivity contribution in [2.45, 2.75) is 57.9 Å². The zero-order valence-corrected chi connectivity index (χ0v) is 12.3. The van der Waals surface area contributed by atoms with Crippen LogP contribution in [-0.4, -0.2) is 22.6 Å². The predicted molar refractivity (Wildman–Crippen MR) is 81.5 cm³/mol. The largest absolute Gasteiger partial charge is 0.353 e. The normalized spacial score (nSPS) is 26.2. The first kappa shape index (κ1) is 13.6. The zero-order chi connectivity index (χ0) is 13.9. The van der Waals surface area contributed by atoms with Gasteiger partial charge in [0.25, 0.3) is 0 Å². The summed E-state index contributed by atoms with van der Waals surface area (Å²) >= 11 is 0. The Kier molecular flexibility index (Phi) is 4.05. The van der Waals surface area contributed by atoms with E-state index in [9.17, 15) is 0 Å². The van der Waals surface area contributed by atoms with Crippen LogP contribution in [0.5, 0.6) is 0 Å². The quantitative estimate of drug-likeness (QED) is 0.655. The van der Waals surface area contributed by atoms with Gasteiger partial charge >= 0.3 is 0 Å². The standard InChI is InChI=1S/C15H25N5/c1-2-12-14(19-16)17-10-18-15(12)20-9-5-7-11-6-3-4-8-13(11)20/h10-11,13H,2-9,16H2,1H3,(H,17,18,19)/t11-,13-/m1/s1. The first-order valence-electron chi connectivity index (χ1n) is 7.92. The molecule has 2 atom stereocenters. The van der Waals surface area contributed by atoms with Crippen LogP contribution >= 0.6 is 0 Å². The highest BCUT2D eigenvalue weighted by molar-refractivity contribution is 5.59. The number of fused-ring (bicyclic) bond motifs is 1. The van der Waals surface area contributed by atoms with Gasteiger partial charge in [0.15, 0.2) is 0 Å². The summed E-state index contributed by atoms with van der Waals surface area (Å²) in [5.74, 6) is 8.33. The van der Waals surface area contributed by atoms with E-state index < -0.39 is 0 Å². The Morgan fingerprint density at radius 2 is 2.05 bits per heavy atom. The van der Waals surface area contributed by atoms with Gasteiger partial charge in [0.1, 0.15) is 18.0 Å². The summed E-state index contributed by atoms with van der Waals surface area (Å²) in [4.78, 5) is 11.4. The van der Waals surface area contributed by atoms with Crippen molar-refractivity contribution in [2.24, 2.45) is 11.8 Å². The molecule has 5 nitrogen and oxygen atoms in total. The summed E-state index contributed by atoms with van der Waals surface area (Å²) < 4.78 is 0. The van der Waals surface area contributed by atoms with Crippen molar-refractivity contribution in [2.75, 3.05) is 16.9 Å². The van der Waals surface area contributed by atoms with E-state index in [0.29, 0.717) is 6.04 Å². The summed E-state index contributed by atoms with van der Waals surface area (Å²) in [7, 11) is 0. The third kappa shape index (κ3) is 2.35. The van der Waals surface area contributed by atoms with Crippen LogP contribution in [0.3, 0.4) is 0 Å². The van der Waals surface area contributed by atoms with E-state index in [1.807, 2.05) is 0 Å². The number of hydrogen-bond donors (Lipinski definition) is 2. The lowest BCUT2D eigenvalue weighted by Gasteiger charge is -2.45. The van der Waals surface area contributed by atoms with Crippen LogP contribution < -0.4 is 16.2 Å². The molecule has 0 radical (unpaired) electrons. The summed E-state index contributed by atoms with van der Waals surface area (Å²) in [5, 5.41) is 0. The lowest BCUT2D eigenvalue weighted by molar-refractivity contribution is 0.242. The zero-order valence-electron chi connectivity index (χ0n) is 12.3. The average Bonchev–Trinajstić information content (AvgIpc) is 2.53. The Labute approximate surface area is 120 Å². The predicted octanol–water partition coefficient (Wildman–Crippen LogP) is 2.48. The van der Waals surface area contributed by atoms with Crippen molar-refractivity contribution in [3.05, 3.63) is 11.9 Å². The third-order valence-corrected chi connectivity index (χ3v) is 4.93. The van der Waals surface area contributed by atoms with E-state index >= 15 is 0 Å². The fourth-order valence-corrected chi connectivity index (χ4v) is 3.99. The van der Waals surface area contributed by atoms with Crippen LogP contribution in [0, 0.1) is 5.92 Å². The van der Waals surface area contributed by atoms with Crippen molar-refractivity contribution in [1.82, 2.24) is 9.97 Å². The minimum Gasteiger partial charge on any atom is -0.353 e. The van der Waals surface area contributed by atoms with Crippen LogP contribution in [0.1, 0.15) is 51.0 Å². The molecule has 1 aliphatic heterocycles. The number of nitrogens with one attached hydrogen (secondary N) is 1. The van der Waals surface area contributed by atoms with Crippen molar-refractivity contribution in [3.63, 3.8) is 0 Å². The molecule has 5 heteroatoms. The number of hydrazine groups is 1. The van der Waals surface area contributed by atoms with Crippen molar-refractivity contribution < 1.29 is 0 Å². The van der Waals surface area contributed by atoms with Crippen molar-refractivity contribution in [1.29, 1.82) is 0 Å². The van der Waals surface area contributed by atoms with E-state index in [0.717, 1.165) is 36.1 Å². The molecule has 3 rings (SSSR count). The van der Waals surface area contributed by atoms with E-state index in [-0.39, 0.29) is 0 Å². The van der Waals surface area contributed by atoms with E-state index in [2.05, 4.69) is 27.2 Å². The number of piperidine rings is 1. The first-order chi connectivity index (χ1) is 9.85. The van der Waals surface area contributed by atoms with Gasteiger partial charge in [0.05, 0.1) is 0 Å². The second-order valence-corrected chi connectivity index (χ2v) is 5.97. The Balaban J connectivity index is 1.94. The highest BCUT2D eigenvalue weighted by Gasteiger charge is 2.34. The number of hydrogen-bond acceptors (Lipinski definition) is 5. The molecule has 0 spiro atoms. The van der Waals surface area contributed by atoms with Gasteiger partial charge in [-0.2, -0.15) is 0 Å². The van der Waals surface area contributed by atoms with Crippen LogP contribution in [0.15, 0.2) is 6.33 Å². The maximum atomic E-state index is 5.60. The Bertz CT molecular complexity index is 460. The molecule has 2 fully saturated rings. The Hall–Kier alpha value is -1.36. The van der Waals surface area contributed by atoms with Crippen LogP contribution in [0.4, 0.5) is 11.6 Å². The number of nitrogens with two attached hydrogens (primary N) is 1. The lowest BCUT2D eigenvalue weighted by Crippen LogP contribution is -2.47. The van der Waals surface area contributed by atoms with Gasteiger partial charge in [0.2, 0.25) is 0 Å². The smallest absolute Gasteiger partial charge is 0.148 e. The fourth-order valence-electron chi connectivity index (χ4n) is 3.99. The summed E-state index contributed by atoms with van der Waals surface area (Å²) in [6.07, 6.45) is 10.6. The minimum absolute atomic E-state index is 0.670. The Morgan fingerprint density at radius 3 is 2.85 bits per heavy atom. The molecule has 1 saturated heterocycles. The van der Waals surface area contributed by atoms with Gasteiger partial charge in [-0.05, 0) is 38.0 Å². The molecule has 20 heavy (non-hydrogen) atoms. The van der Waals surface area contributed by atoms with E-state index in [1.165, 1.54) is 38.5 Å². The second kappa shape index (κ2) is 5.95. The molecule has 1 aromatic heterocycles. The SMILES string of the molecule is CCc1c(NN)ncnc1N1CCC[C@H]2CCCC[C@H]21. The molecule has 1 aromatic rings. The van der Waals surface area contributed by atoms with Gasteiger partial charge in [-0.3, -0.25) is 0 Å². The molecule has 1 aliphatic carbocycles. The number of anilines is 2. The van der Waals surface area contributed by atoms with Crippen LogP contribution in [0.25, 0.3) is 0 Å². The van der Waals surface area contributed by atoms with Crippen LogP contribution in [0.2, 0.25) is 0 Å². The number of rotatable bonds is 3. The van der Waals surface area contributed by atoms with E-state index in [4.69, 9.17) is 5.84 Å². The van der Waals surface area contributed by atoms with Crippen molar-refractivity contribution in [3.8, 4) is 0 Å². The highest BCUT2D eigenvalue weighted by Crippen LogP contribution is 2.38. The monoisotopic (exact) mass is 275 g/mol. The van der Waals surface area contributed by atoms with E-state index in [1.54, 1.807) is 6.33 Å². The molecule has 0 amide bonds. The molecular weight excluding hydrogens is 250 g/mol. The fraction of sp³-hybridized carbons (Fsp3) is 0.733. The number of aromatic nitrogens is 2. The molecule has 3 N–H and O–H groups in total. The average molecular weight is 275 g/mol. The summed E-state index contributed by atoms with van der Waals surface area (Å²) in [6.45, 7) is 3.26. The van der Waals surface area contributed by atoms with Gasteiger partial charge in [0, 0.05) is 18.2 Å². The third-order valence-electron chi connectivity index (χ3n) is 4.93. The molecule has 1 saturated carbocycles. The van der Waals surface area contributed by atoms with Crippen LogP contribution in [-0.2, 0) is 6.42 Å². The molecule has 0 aromatic carbocycles. The molecular formula is C15H25N5. The van der Waals surface area contributed by atoms with Crippen molar-refractivity contribution >= 4 is 11.6 Å². The topological polar surface area (TPSA) is 67.1 Å². The molecule has 0 bridgehead atoms. The van der Waals surface area contributed by atoms with Gasteiger partial charge in [-0.25, -0.2) is 15.8 Å². The minimum atomic E-state index is 0.670. The second-order valence-electron chi connectivity index (χ2n) is 5.97. The maximum Gasteiger partial charge on any atom is 0.148 e.